The summed E-state index contributed by atoms with van der Waals surface area (Å²) in [6, 6.07) is 2.00. The highest BCUT2D eigenvalue weighted by atomic mass is 16.5. The number of pyridine rings is 1. The average Bonchev–Trinajstić information content (AvgIpc) is 2.37. The number of aryl methyl sites for hydroxylation is 2. The van der Waals surface area contributed by atoms with Gasteiger partial charge in [0.2, 0.25) is 5.91 Å². The van der Waals surface area contributed by atoms with Crippen LogP contribution in [0.15, 0.2) is 6.07 Å². The summed E-state index contributed by atoms with van der Waals surface area (Å²) >= 11 is 0. The van der Waals surface area contributed by atoms with Crippen LogP contribution in [0.3, 0.4) is 0 Å². The first-order valence-corrected chi connectivity index (χ1v) is 6.36. The molecule has 1 N–H and O–H groups in total. The van der Waals surface area contributed by atoms with Crippen molar-refractivity contribution in [1.29, 1.82) is 0 Å². The lowest BCUT2D eigenvalue weighted by atomic mass is 9.86. The van der Waals surface area contributed by atoms with Crippen molar-refractivity contribution in [3.63, 3.8) is 0 Å². The Morgan fingerprint density at radius 3 is 2.84 bits per heavy atom. The number of rotatable bonds is 2. The molecule has 1 aliphatic rings. The van der Waals surface area contributed by atoms with Gasteiger partial charge in [-0.2, -0.15) is 0 Å². The summed E-state index contributed by atoms with van der Waals surface area (Å²) in [5.41, 5.74) is 2.96. The maximum absolute atomic E-state index is 11.6. The van der Waals surface area contributed by atoms with Gasteiger partial charge in [0, 0.05) is 12.6 Å². The maximum Gasteiger partial charge on any atom is 0.309 e. The van der Waals surface area contributed by atoms with Gasteiger partial charge in [-0.1, -0.05) is 6.07 Å². The SMILES string of the molecule is COC(=O)C1CCc2nc(NC(C)=O)c(C)cc2C1. The number of nitrogens with zero attached hydrogens (tertiary/aromatic N) is 1. The van der Waals surface area contributed by atoms with Crippen molar-refractivity contribution in [2.75, 3.05) is 12.4 Å². The van der Waals surface area contributed by atoms with Crippen LogP contribution in [0.25, 0.3) is 0 Å². The molecule has 1 heterocycles. The van der Waals surface area contributed by atoms with Crippen LogP contribution in [-0.4, -0.2) is 24.0 Å². The van der Waals surface area contributed by atoms with Crippen molar-refractivity contribution in [2.24, 2.45) is 5.92 Å². The molecule has 0 fully saturated rings. The second-order valence-corrected chi connectivity index (χ2v) is 4.90. The molecule has 5 nitrogen and oxygen atoms in total. The molecular weight excluding hydrogens is 244 g/mol. The molecule has 0 bridgehead atoms. The zero-order valence-electron chi connectivity index (χ0n) is 11.4. The molecule has 1 atom stereocenters. The first-order valence-electron chi connectivity index (χ1n) is 6.36. The van der Waals surface area contributed by atoms with Crippen LogP contribution in [0.1, 0.15) is 30.2 Å². The minimum atomic E-state index is -0.158. The Kier molecular flexibility index (Phi) is 3.83. The Labute approximate surface area is 112 Å². The molecule has 1 aliphatic carbocycles. The zero-order valence-corrected chi connectivity index (χ0v) is 11.4. The topological polar surface area (TPSA) is 68.3 Å². The van der Waals surface area contributed by atoms with Crippen molar-refractivity contribution in [3.05, 3.63) is 22.9 Å². The van der Waals surface area contributed by atoms with E-state index in [0.717, 1.165) is 29.7 Å². The summed E-state index contributed by atoms with van der Waals surface area (Å²) in [5.74, 6) is 0.251. The smallest absolute Gasteiger partial charge is 0.309 e. The number of fused-ring (bicyclic) bond motifs is 1. The second-order valence-electron chi connectivity index (χ2n) is 4.90. The van der Waals surface area contributed by atoms with E-state index in [2.05, 4.69) is 10.3 Å². The Morgan fingerprint density at radius 2 is 2.21 bits per heavy atom. The van der Waals surface area contributed by atoms with Gasteiger partial charge in [-0.3, -0.25) is 9.59 Å². The lowest BCUT2D eigenvalue weighted by Gasteiger charge is -2.23. The number of amides is 1. The first kappa shape index (κ1) is 13.5. The van der Waals surface area contributed by atoms with Crippen molar-refractivity contribution >= 4 is 17.7 Å². The van der Waals surface area contributed by atoms with Crippen LogP contribution in [-0.2, 0) is 27.2 Å². The largest absolute Gasteiger partial charge is 0.469 e. The molecule has 0 radical (unpaired) electrons. The van der Waals surface area contributed by atoms with Crippen LogP contribution in [0.5, 0.6) is 0 Å². The van der Waals surface area contributed by atoms with E-state index in [0.29, 0.717) is 12.2 Å². The summed E-state index contributed by atoms with van der Waals surface area (Å²) < 4.78 is 4.79. The number of hydrogen-bond donors (Lipinski definition) is 1. The number of methoxy groups -OCH3 is 1. The molecule has 1 unspecified atom stereocenters. The third-order valence-electron chi connectivity index (χ3n) is 3.41. The van der Waals surface area contributed by atoms with Gasteiger partial charge in [0.1, 0.15) is 5.82 Å². The molecule has 1 amide bonds. The molecule has 2 rings (SSSR count). The predicted octanol–water partition coefficient (Wildman–Crippen LogP) is 1.63. The highest BCUT2D eigenvalue weighted by Crippen LogP contribution is 2.28. The summed E-state index contributed by atoms with van der Waals surface area (Å²) in [6.07, 6.45) is 2.15. The molecule has 0 aliphatic heterocycles. The molecule has 0 aromatic carbocycles. The standard InChI is InChI=1S/C14H18N2O3/c1-8-6-11-7-10(14(18)19-3)4-5-12(11)16-13(8)15-9(2)17/h6,10H,4-5,7H2,1-3H3,(H,15,16,17). The van der Waals surface area contributed by atoms with Crippen LogP contribution in [0.4, 0.5) is 5.82 Å². The maximum atomic E-state index is 11.6. The number of ether oxygens (including phenoxy) is 1. The molecule has 5 heteroatoms. The van der Waals surface area contributed by atoms with E-state index in [9.17, 15) is 9.59 Å². The van der Waals surface area contributed by atoms with E-state index < -0.39 is 0 Å². The Morgan fingerprint density at radius 1 is 1.47 bits per heavy atom. The number of aromatic nitrogens is 1. The monoisotopic (exact) mass is 262 g/mol. The predicted molar refractivity (Wildman–Crippen MR) is 70.8 cm³/mol. The van der Waals surface area contributed by atoms with E-state index in [1.165, 1.54) is 14.0 Å². The molecule has 0 saturated heterocycles. The van der Waals surface area contributed by atoms with Gasteiger partial charge >= 0.3 is 5.97 Å². The molecule has 19 heavy (non-hydrogen) atoms. The van der Waals surface area contributed by atoms with E-state index in [4.69, 9.17) is 4.74 Å². The fourth-order valence-corrected chi connectivity index (χ4v) is 2.44. The molecule has 1 aromatic rings. The third-order valence-corrected chi connectivity index (χ3v) is 3.41. The lowest BCUT2D eigenvalue weighted by Crippen LogP contribution is -2.25. The second kappa shape index (κ2) is 5.38. The fraction of sp³-hybridized carbons (Fsp3) is 0.500. The normalized spacial score (nSPS) is 17.5. The average molecular weight is 262 g/mol. The number of carbonyl (C=O) groups is 2. The number of anilines is 1. The van der Waals surface area contributed by atoms with Gasteiger partial charge in [-0.25, -0.2) is 4.98 Å². The quantitative estimate of drug-likeness (QED) is 0.822. The van der Waals surface area contributed by atoms with Gasteiger partial charge in [0.05, 0.1) is 13.0 Å². The van der Waals surface area contributed by atoms with Gasteiger partial charge in [0.25, 0.3) is 0 Å². The van der Waals surface area contributed by atoms with E-state index in [1.54, 1.807) is 0 Å². The highest BCUT2D eigenvalue weighted by Gasteiger charge is 2.26. The van der Waals surface area contributed by atoms with Crippen molar-refractivity contribution < 1.29 is 14.3 Å². The van der Waals surface area contributed by atoms with E-state index in [-0.39, 0.29) is 17.8 Å². The Bertz CT molecular complexity index is 526. The van der Waals surface area contributed by atoms with Crippen LogP contribution < -0.4 is 5.32 Å². The number of carbonyl (C=O) groups excluding carboxylic acids is 2. The van der Waals surface area contributed by atoms with Crippen molar-refractivity contribution in [2.45, 2.75) is 33.1 Å². The number of nitrogens with one attached hydrogen (secondary N) is 1. The molecule has 0 spiro atoms. The lowest BCUT2D eigenvalue weighted by molar-refractivity contribution is -0.145. The molecule has 0 saturated carbocycles. The fourth-order valence-electron chi connectivity index (χ4n) is 2.44. The highest BCUT2D eigenvalue weighted by molar-refractivity contribution is 5.88. The third kappa shape index (κ3) is 2.92. The molecule has 1 aromatic heterocycles. The summed E-state index contributed by atoms with van der Waals surface area (Å²) in [4.78, 5) is 27.2. The van der Waals surface area contributed by atoms with E-state index >= 15 is 0 Å². The number of hydrogen-bond acceptors (Lipinski definition) is 4. The van der Waals surface area contributed by atoms with Crippen LogP contribution >= 0.6 is 0 Å². The summed E-state index contributed by atoms with van der Waals surface area (Å²) in [5, 5.41) is 2.73. The summed E-state index contributed by atoms with van der Waals surface area (Å²) in [6.45, 7) is 3.37. The van der Waals surface area contributed by atoms with Crippen molar-refractivity contribution in [1.82, 2.24) is 4.98 Å². The summed E-state index contributed by atoms with van der Waals surface area (Å²) in [7, 11) is 1.42. The first-order chi connectivity index (χ1) is 9.01. The zero-order chi connectivity index (χ0) is 14.0. The van der Waals surface area contributed by atoms with Crippen molar-refractivity contribution in [3.8, 4) is 0 Å². The Hall–Kier alpha value is -1.91. The van der Waals surface area contributed by atoms with Gasteiger partial charge < -0.3 is 10.1 Å². The van der Waals surface area contributed by atoms with Crippen LogP contribution in [0, 0.1) is 12.8 Å². The Balaban J connectivity index is 2.25. The minimum absolute atomic E-state index is 0.0784. The molecule has 102 valence electrons. The minimum Gasteiger partial charge on any atom is -0.469 e. The molecular formula is C14H18N2O3. The van der Waals surface area contributed by atoms with E-state index in [1.807, 2.05) is 13.0 Å². The van der Waals surface area contributed by atoms with Crippen LogP contribution in [0.2, 0.25) is 0 Å². The van der Waals surface area contributed by atoms with Gasteiger partial charge in [0.15, 0.2) is 0 Å². The van der Waals surface area contributed by atoms with Gasteiger partial charge in [-0.05, 0) is 37.3 Å². The van der Waals surface area contributed by atoms with Gasteiger partial charge in [-0.15, -0.1) is 0 Å². The number of esters is 1.